The maximum absolute atomic E-state index is 14.1. The SMILES string of the molecule is CC(C)(C)[C@@H]1[C@@H](NCc2ccccc2C#N)[C@@H](c2ccccc2)N(C(=O)C2CCCCC2)[C@H]1C(=O)O. The molecule has 2 fully saturated rings. The summed E-state index contributed by atoms with van der Waals surface area (Å²) >= 11 is 0. The molecule has 1 heterocycles. The molecule has 4 atom stereocenters. The van der Waals surface area contributed by atoms with E-state index in [2.05, 4.69) is 32.2 Å². The molecule has 1 amide bonds. The van der Waals surface area contributed by atoms with Gasteiger partial charge in [0.05, 0.1) is 17.7 Å². The number of nitrogens with one attached hydrogen (secondary N) is 1. The van der Waals surface area contributed by atoms with Crippen molar-refractivity contribution in [2.75, 3.05) is 0 Å². The Hall–Kier alpha value is -3.17. The van der Waals surface area contributed by atoms with E-state index in [-0.39, 0.29) is 29.2 Å². The van der Waals surface area contributed by atoms with Gasteiger partial charge >= 0.3 is 5.97 Å². The Bertz CT molecular complexity index is 1110. The minimum atomic E-state index is -0.957. The number of hydrogen-bond acceptors (Lipinski definition) is 4. The Kier molecular flexibility index (Phi) is 7.80. The number of benzene rings is 2. The highest BCUT2D eigenvalue weighted by Gasteiger charge is 2.58. The van der Waals surface area contributed by atoms with E-state index < -0.39 is 18.1 Å². The first-order valence-electron chi connectivity index (χ1n) is 13.1. The summed E-state index contributed by atoms with van der Waals surface area (Å²) < 4.78 is 0. The Labute approximate surface area is 214 Å². The van der Waals surface area contributed by atoms with Crippen molar-refractivity contribution < 1.29 is 14.7 Å². The summed E-state index contributed by atoms with van der Waals surface area (Å²) in [6, 6.07) is 17.9. The van der Waals surface area contributed by atoms with Crippen LogP contribution in [-0.4, -0.2) is 34.0 Å². The molecular weight excluding hydrogens is 450 g/mol. The van der Waals surface area contributed by atoms with Crippen LogP contribution in [0.4, 0.5) is 0 Å². The summed E-state index contributed by atoms with van der Waals surface area (Å²) in [7, 11) is 0. The zero-order chi connectivity index (χ0) is 25.9. The van der Waals surface area contributed by atoms with Crippen LogP contribution < -0.4 is 5.32 Å². The highest BCUT2D eigenvalue weighted by molar-refractivity contribution is 5.87. The first-order chi connectivity index (χ1) is 17.2. The van der Waals surface area contributed by atoms with Gasteiger partial charge in [0, 0.05) is 24.4 Å². The van der Waals surface area contributed by atoms with Gasteiger partial charge < -0.3 is 15.3 Å². The van der Waals surface area contributed by atoms with E-state index in [9.17, 15) is 20.0 Å². The van der Waals surface area contributed by atoms with Crippen molar-refractivity contribution in [3.05, 3.63) is 71.3 Å². The predicted octanol–water partition coefficient (Wildman–Crippen LogP) is 5.30. The van der Waals surface area contributed by atoms with Gasteiger partial charge in [-0.1, -0.05) is 88.6 Å². The fourth-order valence-electron chi connectivity index (χ4n) is 6.30. The number of likely N-dealkylation sites (tertiary alicyclic amines) is 1. The average molecular weight is 488 g/mol. The number of carboxylic acid groups (broad SMARTS) is 1. The third-order valence-corrected chi connectivity index (χ3v) is 7.94. The molecule has 2 aromatic rings. The molecule has 0 radical (unpaired) electrons. The van der Waals surface area contributed by atoms with Gasteiger partial charge in [-0.2, -0.15) is 5.26 Å². The molecule has 0 spiro atoms. The van der Waals surface area contributed by atoms with Gasteiger partial charge in [-0.15, -0.1) is 0 Å². The summed E-state index contributed by atoms with van der Waals surface area (Å²) in [5.74, 6) is -1.46. The third kappa shape index (κ3) is 5.17. The van der Waals surface area contributed by atoms with Crippen LogP contribution in [0.25, 0.3) is 0 Å². The van der Waals surface area contributed by atoms with Crippen LogP contribution in [0.15, 0.2) is 54.6 Å². The molecule has 6 nitrogen and oxygen atoms in total. The zero-order valence-corrected chi connectivity index (χ0v) is 21.5. The number of rotatable bonds is 6. The normalized spacial score (nSPS) is 24.9. The summed E-state index contributed by atoms with van der Waals surface area (Å²) in [6.07, 6.45) is 4.77. The second-order valence-electron chi connectivity index (χ2n) is 11.3. The van der Waals surface area contributed by atoms with Crippen LogP contribution >= 0.6 is 0 Å². The molecule has 190 valence electrons. The van der Waals surface area contributed by atoms with Crippen molar-refractivity contribution in [2.45, 2.75) is 77.5 Å². The Morgan fingerprint density at radius 1 is 1.03 bits per heavy atom. The molecule has 4 rings (SSSR count). The van der Waals surface area contributed by atoms with Crippen molar-refractivity contribution in [1.82, 2.24) is 10.2 Å². The monoisotopic (exact) mass is 487 g/mol. The maximum Gasteiger partial charge on any atom is 0.326 e. The number of aliphatic carboxylic acids is 1. The largest absolute Gasteiger partial charge is 0.480 e. The predicted molar refractivity (Wildman–Crippen MR) is 139 cm³/mol. The summed E-state index contributed by atoms with van der Waals surface area (Å²) in [5, 5.41) is 23.8. The standard InChI is InChI=1S/C30H37N3O3/c1-30(2,3)24-25(32-19-23-17-11-10-16-22(23)18-31)26(20-12-6-4-7-13-20)33(27(24)29(35)36)28(34)21-14-8-5-9-15-21/h4,6-7,10-13,16-17,21,24-27,32H,5,8-9,14-15,19H2,1-3H3,(H,35,36)/t24-,25-,26-,27-/m1/s1. The fourth-order valence-corrected chi connectivity index (χ4v) is 6.30. The summed E-state index contributed by atoms with van der Waals surface area (Å²) in [4.78, 5) is 28.7. The maximum atomic E-state index is 14.1. The number of amides is 1. The topological polar surface area (TPSA) is 93.4 Å². The number of nitriles is 1. The van der Waals surface area contributed by atoms with Crippen LogP contribution in [0, 0.1) is 28.6 Å². The van der Waals surface area contributed by atoms with E-state index in [0.29, 0.717) is 12.1 Å². The van der Waals surface area contributed by atoms with E-state index in [1.54, 1.807) is 11.0 Å². The van der Waals surface area contributed by atoms with Crippen LogP contribution in [0.2, 0.25) is 0 Å². The van der Waals surface area contributed by atoms with Gasteiger partial charge in [-0.3, -0.25) is 4.79 Å². The van der Waals surface area contributed by atoms with Gasteiger partial charge in [0.2, 0.25) is 5.91 Å². The molecule has 2 N–H and O–H groups in total. The minimum Gasteiger partial charge on any atom is -0.480 e. The number of nitrogens with zero attached hydrogens (tertiary/aromatic N) is 2. The zero-order valence-electron chi connectivity index (χ0n) is 21.5. The lowest BCUT2D eigenvalue weighted by atomic mass is 9.72. The van der Waals surface area contributed by atoms with E-state index in [4.69, 9.17) is 0 Å². The highest BCUT2D eigenvalue weighted by atomic mass is 16.4. The molecule has 1 aliphatic carbocycles. The molecule has 1 saturated heterocycles. The van der Waals surface area contributed by atoms with E-state index in [1.165, 1.54) is 0 Å². The molecule has 6 heteroatoms. The van der Waals surface area contributed by atoms with Crippen molar-refractivity contribution in [2.24, 2.45) is 17.3 Å². The van der Waals surface area contributed by atoms with E-state index >= 15 is 0 Å². The lowest BCUT2D eigenvalue weighted by molar-refractivity contribution is -0.154. The van der Waals surface area contributed by atoms with Gasteiger partial charge in [0.25, 0.3) is 0 Å². The molecule has 0 bridgehead atoms. The van der Waals surface area contributed by atoms with Crippen molar-refractivity contribution in [1.29, 1.82) is 5.26 Å². The van der Waals surface area contributed by atoms with Gasteiger partial charge in [-0.05, 0) is 35.4 Å². The fraction of sp³-hybridized carbons (Fsp3) is 0.500. The highest BCUT2D eigenvalue weighted by Crippen LogP contribution is 2.49. The van der Waals surface area contributed by atoms with E-state index in [1.807, 2.05) is 48.5 Å². The van der Waals surface area contributed by atoms with Crippen molar-refractivity contribution in [3.8, 4) is 6.07 Å². The molecule has 0 unspecified atom stereocenters. The Morgan fingerprint density at radius 2 is 1.67 bits per heavy atom. The van der Waals surface area contributed by atoms with Gasteiger partial charge in [-0.25, -0.2) is 4.79 Å². The Morgan fingerprint density at radius 3 is 2.28 bits per heavy atom. The number of carbonyl (C=O) groups is 2. The van der Waals surface area contributed by atoms with Crippen molar-refractivity contribution >= 4 is 11.9 Å². The summed E-state index contributed by atoms with van der Waals surface area (Å²) in [6.45, 7) is 6.59. The second-order valence-corrected chi connectivity index (χ2v) is 11.3. The third-order valence-electron chi connectivity index (χ3n) is 7.94. The molecule has 2 aromatic carbocycles. The molecule has 1 aliphatic heterocycles. The number of carboxylic acids is 1. The quantitative estimate of drug-likeness (QED) is 0.577. The average Bonchev–Trinajstić information content (AvgIpc) is 3.24. The lowest BCUT2D eigenvalue weighted by Gasteiger charge is -2.36. The van der Waals surface area contributed by atoms with Crippen LogP contribution in [0.1, 0.15) is 75.6 Å². The lowest BCUT2D eigenvalue weighted by Crippen LogP contribution is -2.49. The Balaban J connectivity index is 1.80. The van der Waals surface area contributed by atoms with Crippen molar-refractivity contribution in [3.63, 3.8) is 0 Å². The molecule has 1 saturated carbocycles. The smallest absolute Gasteiger partial charge is 0.326 e. The molecular formula is C30H37N3O3. The van der Waals surface area contributed by atoms with Gasteiger partial charge in [0.1, 0.15) is 6.04 Å². The number of hydrogen-bond donors (Lipinski definition) is 2. The first-order valence-corrected chi connectivity index (χ1v) is 13.1. The second kappa shape index (κ2) is 10.8. The van der Waals surface area contributed by atoms with Crippen LogP contribution in [0.5, 0.6) is 0 Å². The van der Waals surface area contributed by atoms with Gasteiger partial charge in [0.15, 0.2) is 0 Å². The van der Waals surface area contributed by atoms with E-state index in [0.717, 1.165) is 43.2 Å². The molecule has 2 aliphatic rings. The summed E-state index contributed by atoms with van der Waals surface area (Å²) in [5.41, 5.74) is 2.01. The molecule has 0 aromatic heterocycles. The number of carbonyl (C=O) groups excluding carboxylic acids is 1. The van der Waals surface area contributed by atoms with Crippen LogP contribution in [-0.2, 0) is 16.1 Å². The minimum absolute atomic E-state index is 0.0353. The first kappa shape index (κ1) is 25.9. The molecule has 36 heavy (non-hydrogen) atoms. The van der Waals surface area contributed by atoms with Crippen LogP contribution in [0.3, 0.4) is 0 Å².